The molecule has 0 atom stereocenters. The Morgan fingerprint density at radius 2 is 2.24 bits per heavy atom. The molecule has 1 amide bonds. The molecule has 2 rings (SSSR count). The molecule has 1 saturated carbocycles. The highest BCUT2D eigenvalue weighted by Gasteiger charge is 2.20. The molecule has 4 nitrogen and oxygen atoms in total. The first-order chi connectivity index (χ1) is 10.2. The Morgan fingerprint density at radius 3 is 2.90 bits per heavy atom. The summed E-state index contributed by atoms with van der Waals surface area (Å²) in [5.41, 5.74) is 0.888. The molecule has 0 heterocycles. The highest BCUT2D eigenvalue weighted by molar-refractivity contribution is 5.77. The first-order valence-electron chi connectivity index (χ1n) is 7.60. The smallest absolute Gasteiger partial charge is 0.257 e. The van der Waals surface area contributed by atoms with Crippen LogP contribution in [0.3, 0.4) is 0 Å². The van der Waals surface area contributed by atoms with Crippen molar-refractivity contribution in [1.29, 1.82) is 0 Å². The van der Waals surface area contributed by atoms with Gasteiger partial charge in [-0.05, 0) is 37.0 Å². The minimum absolute atomic E-state index is 0.121. The number of nitrogens with one attached hydrogen (secondary N) is 2. The fourth-order valence-electron chi connectivity index (χ4n) is 1.92. The molecule has 0 unspecified atom stereocenters. The van der Waals surface area contributed by atoms with Crippen molar-refractivity contribution in [3.05, 3.63) is 29.6 Å². The van der Waals surface area contributed by atoms with Gasteiger partial charge >= 0.3 is 0 Å². The van der Waals surface area contributed by atoms with E-state index in [2.05, 4.69) is 17.6 Å². The van der Waals surface area contributed by atoms with Crippen LogP contribution in [0, 0.1) is 5.82 Å². The Morgan fingerprint density at radius 1 is 1.43 bits per heavy atom. The van der Waals surface area contributed by atoms with Crippen LogP contribution in [0.2, 0.25) is 0 Å². The zero-order chi connectivity index (χ0) is 15.1. The summed E-state index contributed by atoms with van der Waals surface area (Å²) in [5.74, 6) is -0.524. The van der Waals surface area contributed by atoms with E-state index in [1.54, 1.807) is 6.07 Å². The zero-order valence-electron chi connectivity index (χ0n) is 12.5. The van der Waals surface area contributed by atoms with Gasteiger partial charge in [0.25, 0.3) is 5.91 Å². The van der Waals surface area contributed by atoms with Crippen LogP contribution in [-0.4, -0.2) is 25.1 Å². The van der Waals surface area contributed by atoms with E-state index >= 15 is 0 Å². The van der Waals surface area contributed by atoms with Crippen LogP contribution in [0.1, 0.15) is 38.2 Å². The topological polar surface area (TPSA) is 50.4 Å². The second-order valence-electron chi connectivity index (χ2n) is 5.41. The van der Waals surface area contributed by atoms with Crippen LogP contribution in [0.5, 0.6) is 5.75 Å². The molecule has 5 heteroatoms. The molecule has 2 N–H and O–H groups in total. The molecule has 0 bridgehead atoms. The molecule has 0 aromatic heterocycles. The third-order valence-electron chi connectivity index (χ3n) is 3.38. The Balaban J connectivity index is 1.75. The van der Waals surface area contributed by atoms with Crippen molar-refractivity contribution >= 4 is 5.91 Å². The first kappa shape index (κ1) is 15.8. The van der Waals surface area contributed by atoms with Crippen molar-refractivity contribution < 1.29 is 13.9 Å². The normalized spacial score (nSPS) is 14.0. The molecule has 1 aromatic rings. The van der Waals surface area contributed by atoms with Gasteiger partial charge in [0.2, 0.25) is 0 Å². The number of hydrogen-bond acceptors (Lipinski definition) is 3. The SMILES string of the molecule is CCCCNC(=O)COc1ccc(CNC2CC2)cc1F. The molecule has 1 aliphatic rings. The minimum atomic E-state index is -0.425. The lowest BCUT2D eigenvalue weighted by Gasteiger charge is -2.09. The summed E-state index contributed by atoms with van der Waals surface area (Å²) >= 11 is 0. The molecule has 21 heavy (non-hydrogen) atoms. The fourth-order valence-corrected chi connectivity index (χ4v) is 1.92. The van der Waals surface area contributed by atoms with Crippen molar-refractivity contribution in [1.82, 2.24) is 10.6 Å². The van der Waals surface area contributed by atoms with Gasteiger partial charge in [-0.2, -0.15) is 0 Å². The molecule has 1 aliphatic carbocycles. The Labute approximate surface area is 125 Å². The van der Waals surface area contributed by atoms with E-state index in [9.17, 15) is 9.18 Å². The average molecular weight is 294 g/mol. The van der Waals surface area contributed by atoms with E-state index in [1.807, 2.05) is 6.07 Å². The third-order valence-corrected chi connectivity index (χ3v) is 3.38. The van der Waals surface area contributed by atoms with Gasteiger partial charge < -0.3 is 15.4 Å². The van der Waals surface area contributed by atoms with Crippen molar-refractivity contribution in [2.75, 3.05) is 13.2 Å². The summed E-state index contributed by atoms with van der Waals surface area (Å²) in [4.78, 5) is 11.5. The van der Waals surface area contributed by atoms with E-state index in [0.29, 0.717) is 19.1 Å². The van der Waals surface area contributed by atoms with Crippen molar-refractivity contribution in [3.8, 4) is 5.75 Å². The predicted molar refractivity (Wildman–Crippen MR) is 79.7 cm³/mol. The lowest BCUT2D eigenvalue weighted by Crippen LogP contribution is -2.29. The molecule has 1 fully saturated rings. The quantitative estimate of drug-likeness (QED) is 0.688. The first-order valence-corrected chi connectivity index (χ1v) is 7.60. The molecule has 1 aromatic carbocycles. The van der Waals surface area contributed by atoms with E-state index in [-0.39, 0.29) is 18.3 Å². The fraction of sp³-hybridized carbons (Fsp3) is 0.562. The maximum atomic E-state index is 13.9. The van der Waals surface area contributed by atoms with Crippen LogP contribution < -0.4 is 15.4 Å². The second kappa shape index (κ2) is 7.98. The van der Waals surface area contributed by atoms with Crippen molar-refractivity contribution in [2.45, 2.75) is 45.2 Å². The Kier molecular flexibility index (Phi) is 5.99. The number of benzene rings is 1. The zero-order valence-corrected chi connectivity index (χ0v) is 12.5. The summed E-state index contributed by atoms with van der Waals surface area (Å²) in [6.45, 7) is 3.20. The summed E-state index contributed by atoms with van der Waals surface area (Å²) in [5, 5.41) is 6.05. The molecule has 0 radical (unpaired) electrons. The van der Waals surface area contributed by atoms with Gasteiger partial charge in [-0.25, -0.2) is 4.39 Å². The van der Waals surface area contributed by atoms with Gasteiger partial charge in [-0.1, -0.05) is 19.4 Å². The number of ether oxygens (including phenoxy) is 1. The highest BCUT2D eigenvalue weighted by atomic mass is 19.1. The van der Waals surface area contributed by atoms with Crippen LogP contribution >= 0.6 is 0 Å². The number of halogens is 1. The maximum Gasteiger partial charge on any atom is 0.257 e. The molecule has 0 aliphatic heterocycles. The second-order valence-corrected chi connectivity index (χ2v) is 5.41. The van der Waals surface area contributed by atoms with Gasteiger partial charge in [-0.15, -0.1) is 0 Å². The number of amides is 1. The lowest BCUT2D eigenvalue weighted by molar-refractivity contribution is -0.123. The molecular weight excluding hydrogens is 271 g/mol. The van der Waals surface area contributed by atoms with Gasteiger partial charge in [0.15, 0.2) is 18.2 Å². The van der Waals surface area contributed by atoms with Gasteiger partial charge in [0.1, 0.15) is 0 Å². The number of unbranched alkanes of at least 4 members (excludes halogenated alkanes) is 1. The summed E-state index contributed by atoms with van der Waals surface area (Å²) in [7, 11) is 0. The number of carbonyl (C=O) groups excluding carboxylic acids is 1. The Bertz CT molecular complexity index is 475. The van der Waals surface area contributed by atoms with Crippen molar-refractivity contribution in [2.24, 2.45) is 0 Å². The van der Waals surface area contributed by atoms with E-state index in [0.717, 1.165) is 18.4 Å². The summed E-state index contributed by atoms with van der Waals surface area (Å²) in [6, 6.07) is 5.46. The summed E-state index contributed by atoms with van der Waals surface area (Å²) < 4.78 is 19.1. The van der Waals surface area contributed by atoms with Gasteiger partial charge in [0.05, 0.1) is 0 Å². The standard InChI is InChI=1S/C16H23FN2O2/c1-2-3-8-18-16(20)11-21-15-7-4-12(9-14(15)17)10-19-13-5-6-13/h4,7,9,13,19H,2-3,5-6,8,10-11H2,1H3,(H,18,20). The molecule has 0 spiro atoms. The molecular formula is C16H23FN2O2. The van der Waals surface area contributed by atoms with E-state index in [4.69, 9.17) is 4.74 Å². The number of carbonyl (C=O) groups is 1. The molecule has 116 valence electrons. The third kappa shape index (κ3) is 5.71. The van der Waals surface area contributed by atoms with Gasteiger partial charge in [-0.3, -0.25) is 4.79 Å². The molecule has 0 saturated heterocycles. The maximum absolute atomic E-state index is 13.9. The minimum Gasteiger partial charge on any atom is -0.481 e. The number of hydrogen-bond donors (Lipinski definition) is 2. The van der Waals surface area contributed by atoms with Crippen molar-refractivity contribution in [3.63, 3.8) is 0 Å². The van der Waals surface area contributed by atoms with E-state index < -0.39 is 5.82 Å². The average Bonchev–Trinajstić information content (AvgIpc) is 3.28. The highest BCUT2D eigenvalue weighted by Crippen LogP contribution is 2.21. The van der Waals surface area contributed by atoms with E-state index in [1.165, 1.54) is 18.9 Å². The van der Waals surface area contributed by atoms with Gasteiger partial charge in [0, 0.05) is 19.1 Å². The monoisotopic (exact) mass is 294 g/mol. The number of rotatable bonds is 9. The predicted octanol–water partition coefficient (Wildman–Crippen LogP) is 2.37. The summed E-state index contributed by atoms with van der Waals surface area (Å²) in [6.07, 6.45) is 4.36. The van der Waals surface area contributed by atoms with Crippen LogP contribution in [0.15, 0.2) is 18.2 Å². The van der Waals surface area contributed by atoms with Crippen LogP contribution in [0.25, 0.3) is 0 Å². The van der Waals surface area contributed by atoms with Crippen LogP contribution in [-0.2, 0) is 11.3 Å². The lowest BCUT2D eigenvalue weighted by atomic mass is 10.2. The Hall–Kier alpha value is -1.62. The largest absolute Gasteiger partial charge is 0.481 e. The van der Waals surface area contributed by atoms with Crippen LogP contribution in [0.4, 0.5) is 4.39 Å².